The largest absolute Gasteiger partial charge is 0.482 e. The minimum atomic E-state index is -0.364. The quantitative estimate of drug-likeness (QED) is 0.565. The minimum absolute atomic E-state index is 0.339. The van der Waals surface area contributed by atoms with Gasteiger partial charge in [-0.15, -0.1) is 0 Å². The lowest BCUT2D eigenvalue weighted by Crippen LogP contribution is -2.34. The Bertz CT molecular complexity index is 876. The zero-order valence-electron chi connectivity index (χ0n) is 12.6. The van der Waals surface area contributed by atoms with Crippen LogP contribution in [0.4, 0.5) is 0 Å². The zero-order chi connectivity index (χ0) is 16.5. The van der Waals surface area contributed by atoms with Gasteiger partial charge in [0.15, 0.2) is 6.10 Å². The van der Waals surface area contributed by atoms with Crippen LogP contribution < -0.4 is 4.74 Å². The lowest BCUT2D eigenvalue weighted by Gasteiger charge is -2.35. The number of hydrogen-bond acceptors (Lipinski definition) is 4. The van der Waals surface area contributed by atoms with Crippen LogP contribution in [0.15, 0.2) is 72.4 Å². The summed E-state index contributed by atoms with van der Waals surface area (Å²) in [5.41, 5.74) is 2.24. The molecule has 0 radical (unpaired) electrons. The number of aromatic nitrogens is 2. The highest BCUT2D eigenvalue weighted by Crippen LogP contribution is 2.41. The summed E-state index contributed by atoms with van der Waals surface area (Å²) >= 11 is 6.00. The molecule has 0 spiro atoms. The summed E-state index contributed by atoms with van der Waals surface area (Å²) in [6.07, 6.45) is 4.85. The molecule has 1 aliphatic rings. The second kappa shape index (κ2) is 6.02. The van der Waals surface area contributed by atoms with Crippen molar-refractivity contribution < 1.29 is 9.94 Å². The first kappa shape index (κ1) is 14.8. The smallest absolute Gasteiger partial charge is 0.150 e. The third-order valence-electron chi connectivity index (χ3n) is 4.14. The maximum atomic E-state index is 9.69. The molecule has 5 nitrogen and oxygen atoms in total. The molecule has 6 heteroatoms. The van der Waals surface area contributed by atoms with Crippen molar-refractivity contribution in [3.05, 3.63) is 83.4 Å². The van der Waals surface area contributed by atoms with Crippen molar-refractivity contribution in [2.45, 2.75) is 12.1 Å². The Balaban J connectivity index is 1.89. The predicted octanol–water partition coefficient (Wildman–Crippen LogP) is 4.09. The molecular formula is C18H14ClN3O2. The van der Waals surface area contributed by atoms with Crippen molar-refractivity contribution in [1.82, 2.24) is 9.55 Å². The van der Waals surface area contributed by atoms with Crippen molar-refractivity contribution >= 4 is 17.3 Å². The van der Waals surface area contributed by atoms with Crippen LogP contribution >= 0.6 is 11.6 Å². The highest BCUT2D eigenvalue weighted by atomic mass is 35.5. The van der Waals surface area contributed by atoms with Gasteiger partial charge in [-0.1, -0.05) is 41.0 Å². The molecule has 0 saturated heterocycles. The molecule has 1 aliphatic heterocycles. The number of nitrogens with zero attached hydrogens (tertiary/aromatic N) is 3. The van der Waals surface area contributed by atoms with Crippen LogP contribution in [0.1, 0.15) is 23.3 Å². The zero-order valence-corrected chi connectivity index (χ0v) is 13.3. The summed E-state index contributed by atoms with van der Waals surface area (Å²) in [4.78, 5) is 4.11. The average molecular weight is 340 g/mol. The number of benzene rings is 2. The molecule has 2 heterocycles. The van der Waals surface area contributed by atoms with E-state index in [1.54, 1.807) is 12.5 Å². The van der Waals surface area contributed by atoms with Gasteiger partial charge in [-0.05, 0) is 29.8 Å². The van der Waals surface area contributed by atoms with Crippen LogP contribution in [-0.4, -0.2) is 20.5 Å². The molecule has 120 valence electrons. The van der Waals surface area contributed by atoms with E-state index in [2.05, 4.69) is 10.1 Å². The lowest BCUT2D eigenvalue weighted by molar-refractivity contribution is 0.157. The van der Waals surface area contributed by atoms with Crippen LogP contribution in [0.2, 0.25) is 5.02 Å². The molecule has 0 fully saturated rings. The maximum Gasteiger partial charge on any atom is 0.150 e. The number of rotatable bonds is 2. The Morgan fingerprint density at radius 3 is 2.62 bits per heavy atom. The second-order valence-electron chi connectivity index (χ2n) is 5.53. The monoisotopic (exact) mass is 339 g/mol. The van der Waals surface area contributed by atoms with Crippen LogP contribution in [-0.2, 0) is 0 Å². The van der Waals surface area contributed by atoms with Gasteiger partial charge < -0.3 is 14.5 Å². The van der Waals surface area contributed by atoms with E-state index in [9.17, 15) is 5.21 Å². The van der Waals surface area contributed by atoms with Crippen LogP contribution in [0.3, 0.4) is 0 Å². The summed E-state index contributed by atoms with van der Waals surface area (Å²) in [6, 6.07) is 14.7. The maximum absolute atomic E-state index is 9.69. The third-order valence-corrected chi connectivity index (χ3v) is 4.39. The van der Waals surface area contributed by atoms with Crippen LogP contribution in [0.25, 0.3) is 0 Å². The summed E-state index contributed by atoms with van der Waals surface area (Å²) < 4.78 is 8.12. The first-order valence-electron chi connectivity index (χ1n) is 7.49. The SMILES string of the molecule is O/N=C1/c2ccccc2O[C@@H](c2ccc(Cl)cc2)[C@@H]1n1ccnc1. The van der Waals surface area contributed by atoms with Gasteiger partial charge in [-0.2, -0.15) is 0 Å². The molecular weight excluding hydrogens is 326 g/mol. The number of hydrogen-bond donors (Lipinski definition) is 1. The van der Waals surface area contributed by atoms with Gasteiger partial charge in [0.2, 0.25) is 0 Å². The highest BCUT2D eigenvalue weighted by molar-refractivity contribution is 6.30. The number of imidazole rings is 1. The summed E-state index contributed by atoms with van der Waals surface area (Å²) in [5.74, 6) is 0.682. The van der Waals surface area contributed by atoms with E-state index < -0.39 is 0 Å². The standard InChI is InChI=1S/C18H14ClN3O2/c19-13-7-5-12(6-8-13)18-17(22-10-9-20-11-22)16(21-23)14-3-1-2-4-15(14)24-18/h1-11,17-18,23H/b21-16-/t17-,18+/m1/s1. The van der Waals surface area contributed by atoms with E-state index in [-0.39, 0.29) is 12.1 Å². The fraction of sp³-hybridized carbons (Fsp3) is 0.111. The molecule has 0 saturated carbocycles. The van der Waals surface area contributed by atoms with E-state index in [1.165, 1.54) is 0 Å². The molecule has 1 N–H and O–H groups in total. The van der Waals surface area contributed by atoms with Crippen molar-refractivity contribution in [1.29, 1.82) is 0 Å². The Morgan fingerprint density at radius 2 is 1.92 bits per heavy atom. The van der Waals surface area contributed by atoms with Gasteiger partial charge in [-0.25, -0.2) is 4.98 Å². The topological polar surface area (TPSA) is 59.6 Å². The van der Waals surface area contributed by atoms with Gasteiger partial charge in [0.25, 0.3) is 0 Å². The molecule has 4 rings (SSSR count). The van der Waals surface area contributed by atoms with Crippen LogP contribution in [0, 0.1) is 0 Å². The van der Waals surface area contributed by atoms with E-state index in [4.69, 9.17) is 16.3 Å². The molecule has 2 atom stereocenters. The van der Waals surface area contributed by atoms with Gasteiger partial charge in [0.1, 0.15) is 17.5 Å². The molecule has 0 unspecified atom stereocenters. The number of halogens is 1. The van der Waals surface area contributed by atoms with Gasteiger partial charge >= 0.3 is 0 Å². The predicted molar refractivity (Wildman–Crippen MR) is 90.9 cm³/mol. The third kappa shape index (κ3) is 2.43. The van der Waals surface area contributed by atoms with Crippen molar-refractivity contribution in [3.63, 3.8) is 0 Å². The highest BCUT2D eigenvalue weighted by Gasteiger charge is 2.38. The number of oxime groups is 1. The van der Waals surface area contributed by atoms with E-state index >= 15 is 0 Å². The molecule has 24 heavy (non-hydrogen) atoms. The first-order chi connectivity index (χ1) is 11.8. The fourth-order valence-electron chi connectivity index (χ4n) is 3.03. The molecule has 2 aromatic carbocycles. The van der Waals surface area contributed by atoms with Gasteiger partial charge in [0, 0.05) is 23.0 Å². The van der Waals surface area contributed by atoms with Crippen molar-refractivity contribution in [3.8, 4) is 5.75 Å². The molecule has 1 aromatic heterocycles. The van der Waals surface area contributed by atoms with Gasteiger partial charge in [0.05, 0.1) is 6.33 Å². The van der Waals surface area contributed by atoms with E-state index in [0.717, 1.165) is 11.1 Å². The van der Waals surface area contributed by atoms with Gasteiger partial charge in [-0.3, -0.25) is 0 Å². The Morgan fingerprint density at radius 1 is 1.12 bits per heavy atom. The number of ether oxygens (including phenoxy) is 1. The van der Waals surface area contributed by atoms with Crippen molar-refractivity contribution in [2.75, 3.05) is 0 Å². The molecule has 0 amide bonds. The molecule has 3 aromatic rings. The number of para-hydroxylation sites is 1. The molecule has 0 aliphatic carbocycles. The Labute approximate surface area is 143 Å². The minimum Gasteiger partial charge on any atom is -0.482 e. The normalized spacial score (nSPS) is 21.3. The summed E-state index contributed by atoms with van der Waals surface area (Å²) in [6.45, 7) is 0. The first-order valence-corrected chi connectivity index (χ1v) is 7.86. The summed E-state index contributed by atoms with van der Waals surface area (Å²) in [5, 5.41) is 13.9. The van der Waals surface area contributed by atoms with E-state index in [0.29, 0.717) is 16.5 Å². The van der Waals surface area contributed by atoms with Crippen LogP contribution in [0.5, 0.6) is 5.75 Å². The number of fused-ring (bicyclic) bond motifs is 1. The second-order valence-corrected chi connectivity index (χ2v) is 5.96. The Kier molecular flexibility index (Phi) is 3.70. The molecule has 0 bridgehead atoms. The average Bonchev–Trinajstić information content (AvgIpc) is 3.15. The summed E-state index contributed by atoms with van der Waals surface area (Å²) in [7, 11) is 0. The van der Waals surface area contributed by atoms with Crippen molar-refractivity contribution in [2.24, 2.45) is 5.16 Å². The van der Waals surface area contributed by atoms with E-state index in [1.807, 2.05) is 59.3 Å². The lowest BCUT2D eigenvalue weighted by atomic mass is 9.90. The Hall–Kier alpha value is -2.79. The fourth-order valence-corrected chi connectivity index (χ4v) is 3.16.